The molecule has 1 aliphatic heterocycles. The summed E-state index contributed by atoms with van der Waals surface area (Å²) in [5.74, 6) is -1.42. The van der Waals surface area contributed by atoms with Crippen molar-refractivity contribution in [1.82, 2.24) is 19.8 Å². The van der Waals surface area contributed by atoms with Crippen LogP contribution in [0, 0.1) is 11.7 Å². The van der Waals surface area contributed by atoms with Gasteiger partial charge in [-0.2, -0.15) is 0 Å². The zero-order chi connectivity index (χ0) is 25.8. The fourth-order valence-corrected chi connectivity index (χ4v) is 4.22. The van der Waals surface area contributed by atoms with E-state index in [-0.39, 0.29) is 42.0 Å². The van der Waals surface area contributed by atoms with Crippen LogP contribution in [-0.4, -0.2) is 75.6 Å². The second-order valence-corrected chi connectivity index (χ2v) is 9.10. The number of ether oxygens (including phenoxy) is 1. The molecule has 2 amide bonds. The molecule has 0 radical (unpaired) electrons. The highest BCUT2D eigenvalue weighted by atomic mass is 19.1. The predicted octanol–water partition coefficient (Wildman–Crippen LogP) is 3.28. The van der Waals surface area contributed by atoms with E-state index in [2.05, 4.69) is 9.97 Å². The quantitative estimate of drug-likeness (QED) is 0.568. The molecule has 1 aromatic carbocycles. The number of aliphatic hydroxyl groups excluding tert-OH is 1. The van der Waals surface area contributed by atoms with Gasteiger partial charge in [-0.15, -0.1) is 0 Å². The number of likely N-dealkylation sites (N-methyl/N-ethyl adjacent to an activating group) is 1. The minimum Gasteiger partial charge on any atom is -0.472 e. The van der Waals surface area contributed by atoms with Crippen molar-refractivity contribution < 1.29 is 23.8 Å². The van der Waals surface area contributed by atoms with E-state index in [1.165, 1.54) is 23.1 Å². The van der Waals surface area contributed by atoms with Crippen molar-refractivity contribution in [2.24, 2.45) is 5.92 Å². The van der Waals surface area contributed by atoms with Gasteiger partial charge in [0.05, 0.1) is 24.8 Å². The molecule has 3 aromatic rings. The van der Waals surface area contributed by atoms with Crippen LogP contribution in [0.1, 0.15) is 34.6 Å². The smallest absolute Gasteiger partial charge is 0.259 e. The molecule has 0 saturated heterocycles. The molecule has 0 bridgehead atoms. The lowest BCUT2D eigenvalue weighted by Gasteiger charge is -2.37. The topological polar surface area (TPSA) is 95.9 Å². The highest BCUT2D eigenvalue weighted by Crippen LogP contribution is 2.30. The molecule has 0 spiro atoms. The number of carbonyl (C=O) groups excluding carboxylic acids is 2. The van der Waals surface area contributed by atoms with Gasteiger partial charge in [0.15, 0.2) is 0 Å². The summed E-state index contributed by atoms with van der Waals surface area (Å²) in [5, 5.41) is 9.83. The number of hydrogen-bond donors (Lipinski definition) is 1. The van der Waals surface area contributed by atoms with E-state index in [0.717, 1.165) is 11.1 Å². The number of aliphatic hydroxyl groups is 1. The van der Waals surface area contributed by atoms with Gasteiger partial charge in [-0.3, -0.25) is 14.6 Å². The monoisotopic (exact) mass is 492 g/mol. The van der Waals surface area contributed by atoms with Crippen molar-refractivity contribution in [3.8, 4) is 17.0 Å². The van der Waals surface area contributed by atoms with E-state index < -0.39 is 23.9 Å². The van der Waals surface area contributed by atoms with E-state index in [1.807, 2.05) is 19.1 Å². The van der Waals surface area contributed by atoms with E-state index in [4.69, 9.17) is 4.74 Å². The average Bonchev–Trinajstić information content (AvgIpc) is 2.90. The Labute approximate surface area is 209 Å². The van der Waals surface area contributed by atoms with Gasteiger partial charge in [0.2, 0.25) is 5.88 Å². The summed E-state index contributed by atoms with van der Waals surface area (Å²) in [6.45, 7) is 3.92. The summed E-state index contributed by atoms with van der Waals surface area (Å²) in [7, 11) is 1.59. The molecule has 36 heavy (non-hydrogen) atoms. The molecule has 0 saturated carbocycles. The van der Waals surface area contributed by atoms with Crippen LogP contribution >= 0.6 is 0 Å². The van der Waals surface area contributed by atoms with Gasteiger partial charge >= 0.3 is 0 Å². The van der Waals surface area contributed by atoms with Crippen LogP contribution in [0.3, 0.4) is 0 Å². The number of carbonyl (C=O) groups is 2. The lowest BCUT2D eigenvalue weighted by molar-refractivity contribution is 0.0312. The Kier molecular flexibility index (Phi) is 7.59. The van der Waals surface area contributed by atoms with Gasteiger partial charge in [0, 0.05) is 43.7 Å². The molecule has 2 aromatic heterocycles. The van der Waals surface area contributed by atoms with Crippen LogP contribution in [-0.2, 0) is 0 Å². The summed E-state index contributed by atoms with van der Waals surface area (Å²) in [6.07, 6.45) is 4.40. The van der Waals surface area contributed by atoms with Gasteiger partial charge < -0.3 is 19.6 Å². The van der Waals surface area contributed by atoms with Crippen LogP contribution < -0.4 is 4.74 Å². The third kappa shape index (κ3) is 5.21. The first-order valence-corrected chi connectivity index (χ1v) is 11.8. The third-order valence-corrected chi connectivity index (χ3v) is 6.44. The van der Waals surface area contributed by atoms with Gasteiger partial charge in [-0.1, -0.05) is 19.1 Å². The van der Waals surface area contributed by atoms with Crippen molar-refractivity contribution >= 4 is 11.8 Å². The lowest BCUT2D eigenvalue weighted by Crippen LogP contribution is -2.50. The largest absolute Gasteiger partial charge is 0.472 e. The first-order valence-electron chi connectivity index (χ1n) is 11.8. The van der Waals surface area contributed by atoms with Crippen LogP contribution in [0.15, 0.2) is 61.1 Å². The Morgan fingerprint density at radius 1 is 1.25 bits per heavy atom. The predicted molar refractivity (Wildman–Crippen MR) is 132 cm³/mol. The molecular formula is C27H29FN4O4. The number of aromatic nitrogens is 2. The molecule has 0 fully saturated rings. The molecule has 0 aliphatic carbocycles. The van der Waals surface area contributed by atoms with Crippen molar-refractivity contribution in [2.75, 3.05) is 26.7 Å². The van der Waals surface area contributed by atoms with E-state index in [9.17, 15) is 19.1 Å². The lowest BCUT2D eigenvalue weighted by atomic mass is 9.99. The third-order valence-electron chi connectivity index (χ3n) is 6.44. The molecule has 8 nitrogen and oxygen atoms in total. The number of fused-ring (bicyclic) bond motifs is 1. The van der Waals surface area contributed by atoms with Gasteiger partial charge in [-0.25, -0.2) is 9.37 Å². The number of rotatable bonds is 6. The van der Waals surface area contributed by atoms with Crippen molar-refractivity contribution in [2.45, 2.75) is 26.0 Å². The average molecular weight is 493 g/mol. The van der Waals surface area contributed by atoms with Crippen LogP contribution in [0.2, 0.25) is 0 Å². The Morgan fingerprint density at radius 3 is 2.67 bits per heavy atom. The number of benzene rings is 1. The van der Waals surface area contributed by atoms with E-state index in [1.54, 1.807) is 49.6 Å². The SMILES string of the molecule is C[C@@H]1CN([C@H](C)CO)C(=O)c2cc(-c3ccncc3)cnc2O[C@H]1CN(C)C(=O)c1ccccc1F. The number of hydrogen-bond acceptors (Lipinski definition) is 6. The Hall–Kier alpha value is -3.85. The van der Waals surface area contributed by atoms with Crippen molar-refractivity contribution in [3.63, 3.8) is 0 Å². The molecule has 3 heterocycles. The normalized spacial score (nSPS) is 18.5. The van der Waals surface area contributed by atoms with Gasteiger partial charge in [0.1, 0.15) is 17.5 Å². The Morgan fingerprint density at radius 2 is 1.97 bits per heavy atom. The molecule has 188 valence electrons. The number of amides is 2. The zero-order valence-electron chi connectivity index (χ0n) is 20.5. The van der Waals surface area contributed by atoms with Crippen LogP contribution in [0.5, 0.6) is 5.88 Å². The highest BCUT2D eigenvalue weighted by molar-refractivity contribution is 5.98. The second kappa shape index (κ2) is 10.8. The summed E-state index contributed by atoms with van der Waals surface area (Å²) < 4.78 is 20.4. The number of pyridine rings is 2. The molecule has 4 rings (SSSR count). The minimum absolute atomic E-state index is 0.0234. The van der Waals surface area contributed by atoms with Gasteiger partial charge in [0.25, 0.3) is 11.8 Å². The zero-order valence-corrected chi connectivity index (χ0v) is 20.5. The maximum Gasteiger partial charge on any atom is 0.259 e. The van der Waals surface area contributed by atoms with Crippen molar-refractivity contribution in [3.05, 3.63) is 78.0 Å². The summed E-state index contributed by atoms with van der Waals surface area (Å²) in [6, 6.07) is 10.8. The molecular weight excluding hydrogens is 463 g/mol. The summed E-state index contributed by atoms with van der Waals surface area (Å²) in [4.78, 5) is 38.0. The first-order chi connectivity index (χ1) is 17.3. The minimum atomic E-state index is -0.592. The fourth-order valence-electron chi connectivity index (χ4n) is 4.22. The van der Waals surface area contributed by atoms with E-state index in [0.29, 0.717) is 6.54 Å². The Balaban J connectivity index is 1.68. The summed E-state index contributed by atoms with van der Waals surface area (Å²) in [5.41, 5.74) is 1.81. The summed E-state index contributed by atoms with van der Waals surface area (Å²) >= 11 is 0. The van der Waals surface area contributed by atoms with Crippen LogP contribution in [0.25, 0.3) is 11.1 Å². The van der Waals surface area contributed by atoms with E-state index >= 15 is 0 Å². The maximum absolute atomic E-state index is 14.2. The molecule has 1 aliphatic rings. The number of halogens is 1. The molecule has 9 heteroatoms. The van der Waals surface area contributed by atoms with Crippen molar-refractivity contribution in [1.29, 1.82) is 0 Å². The molecule has 3 atom stereocenters. The maximum atomic E-state index is 14.2. The molecule has 0 unspecified atom stereocenters. The second-order valence-electron chi connectivity index (χ2n) is 9.10. The first kappa shape index (κ1) is 25.2. The fraction of sp³-hybridized carbons (Fsp3) is 0.333. The van der Waals surface area contributed by atoms with Crippen LogP contribution in [0.4, 0.5) is 4.39 Å². The Bertz CT molecular complexity index is 1240. The van der Waals surface area contributed by atoms with Gasteiger partial charge in [-0.05, 0) is 42.8 Å². The highest BCUT2D eigenvalue weighted by Gasteiger charge is 2.35. The molecule has 1 N–H and O–H groups in total. The number of nitrogens with zero attached hydrogens (tertiary/aromatic N) is 4. The standard InChI is InChI=1S/C27H29FN4O4/c1-17-14-32(18(2)16-33)27(35)22-12-20(19-8-10-29-11-9-19)13-30-25(22)36-24(17)15-31(3)26(34)21-6-4-5-7-23(21)28/h4-13,17-18,24,33H,14-16H2,1-3H3/t17-,18-,24+/m1/s1.